The van der Waals surface area contributed by atoms with Gasteiger partial charge in [-0.05, 0) is 37.1 Å². The predicted octanol–water partition coefficient (Wildman–Crippen LogP) is 2.79. The molecule has 1 aliphatic rings. The minimum absolute atomic E-state index is 0.0393. The highest BCUT2D eigenvalue weighted by Gasteiger charge is 2.27. The molecule has 1 aromatic carbocycles. The topological polar surface area (TPSA) is 50.9 Å². The van der Waals surface area contributed by atoms with Gasteiger partial charge in [0, 0.05) is 10.4 Å². The summed E-state index contributed by atoms with van der Waals surface area (Å²) in [4.78, 5) is 0. The zero-order valence-electron chi connectivity index (χ0n) is 9.88. The molecule has 0 saturated heterocycles. The van der Waals surface area contributed by atoms with Crippen molar-refractivity contribution < 1.29 is 5.11 Å². The Morgan fingerprint density at radius 1 is 1.28 bits per heavy atom. The Hall–Kier alpha value is -1.20. The normalized spacial score (nSPS) is 15.7. The SMILES string of the molecule is OCc1nnn(-c2ccc(Br)cc2)c1C1CCC1. The Bertz CT molecular complexity index is 546. The van der Waals surface area contributed by atoms with Crippen molar-refractivity contribution in [2.24, 2.45) is 0 Å². The molecule has 0 aliphatic heterocycles. The van der Waals surface area contributed by atoms with Crippen LogP contribution in [0.2, 0.25) is 0 Å². The van der Waals surface area contributed by atoms with E-state index < -0.39 is 0 Å². The van der Waals surface area contributed by atoms with Crippen LogP contribution in [0, 0.1) is 0 Å². The van der Waals surface area contributed by atoms with E-state index in [4.69, 9.17) is 0 Å². The van der Waals surface area contributed by atoms with Crippen LogP contribution in [-0.2, 0) is 6.61 Å². The molecular weight excluding hydrogens is 294 g/mol. The molecule has 2 aromatic rings. The van der Waals surface area contributed by atoms with Gasteiger partial charge >= 0.3 is 0 Å². The number of aliphatic hydroxyl groups is 1. The van der Waals surface area contributed by atoms with E-state index in [1.807, 2.05) is 28.9 Å². The summed E-state index contributed by atoms with van der Waals surface area (Å²) in [7, 11) is 0. The quantitative estimate of drug-likeness (QED) is 0.948. The minimum Gasteiger partial charge on any atom is -0.390 e. The molecule has 1 saturated carbocycles. The summed E-state index contributed by atoms with van der Waals surface area (Å²) >= 11 is 3.42. The van der Waals surface area contributed by atoms with Gasteiger partial charge in [-0.2, -0.15) is 0 Å². The fraction of sp³-hybridized carbons (Fsp3) is 0.385. The Morgan fingerprint density at radius 3 is 2.56 bits per heavy atom. The van der Waals surface area contributed by atoms with E-state index in [2.05, 4.69) is 26.2 Å². The number of hydrogen-bond acceptors (Lipinski definition) is 3. The molecule has 94 valence electrons. The zero-order chi connectivity index (χ0) is 12.5. The third-order valence-corrected chi connectivity index (χ3v) is 4.02. The van der Waals surface area contributed by atoms with Crippen molar-refractivity contribution >= 4 is 15.9 Å². The fourth-order valence-electron chi connectivity index (χ4n) is 2.30. The molecule has 3 rings (SSSR count). The average Bonchev–Trinajstić information content (AvgIpc) is 2.72. The lowest BCUT2D eigenvalue weighted by atomic mass is 9.82. The maximum absolute atomic E-state index is 9.37. The Balaban J connectivity index is 2.05. The average molecular weight is 308 g/mol. The van der Waals surface area contributed by atoms with Crippen LogP contribution in [0.4, 0.5) is 0 Å². The second-order valence-corrected chi connectivity index (χ2v) is 5.51. The van der Waals surface area contributed by atoms with Crippen LogP contribution in [0.15, 0.2) is 28.7 Å². The van der Waals surface area contributed by atoms with E-state index in [0.717, 1.165) is 28.7 Å². The van der Waals surface area contributed by atoms with Gasteiger partial charge in [0.25, 0.3) is 0 Å². The van der Waals surface area contributed by atoms with Gasteiger partial charge in [0.15, 0.2) is 0 Å². The van der Waals surface area contributed by atoms with Gasteiger partial charge in [0.1, 0.15) is 5.69 Å². The largest absolute Gasteiger partial charge is 0.390 e. The smallest absolute Gasteiger partial charge is 0.112 e. The first-order chi connectivity index (χ1) is 8.79. The molecular formula is C13H14BrN3O. The number of aromatic nitrogens is 3. The number of rotatable bonds is 3. The van der Waals surface area contributed by atoms with Crippen molar-refractivity contribution in [3.05, 3.63) is 40.1 Å². The van der Waals surface area contributed by atoms with Gasteiger partial charge in [0.2, 0.25) is 0 Å². The molecule has 1 aliphatic carbocycles. The van der Waals surface area contributed by atoms with Crippen molar-refractivity contribution in [3.63, 3.8) is 0 Å². The lowest BCUT2D eigenvalue weighted by molar-refractivity contribution is 0.272. The molecule has 0 atom stereocenters. The molecule has 1 heterocycles. The summed E-state index contributed by atoms with van der Waals surface area (Å²) in [6, 6.07) is 7.98. The van der Waals surface area contributed by atoms with Crippen molar-refractivity contribution in [3.8, 4) is 5.69 Å². The number of aliphatic hydroxyl groups excluding tert-OH is 1. The van der Waals surface area contributed by atoms with E-state index in [1.165, 1.54) is 6.42 Å². The Labute approximate surface area is 114 Å². The van der Waals surface area contributed by atoms with E-state index in [9.17, 15) is 5.11 Å². The molecule has 4 nitrogen and oxygen atoms in total. The molecule has 0 unspecified atom stereocenters. The van der Waals surface area contributed by atoms with Crippen LogP contribution in [0.5, 0.6) is 0 Å². The molecule has 1 aromatic heterocycles. The van der Waals surface area contributed by atoms with Crippen LogP contribution >= 0.6 is 15.9 Å². The van der Waals surface area contributed by atoms with Crippen molar-refractivity contribution in [1.29, 1.82) is 0 Å². The molecule has 1 fully saturated rings. The van der Waals surface area contributed by atoms with Gasteiger partial charge in [-0.3, -0.25) is 0 Å². The summed E-state index contributed by atoms with van der Waals surface area (Å²) in [5.74, 6) is 0.491. The monoisotopic (exact) mass is 307 g/mol. The van der Waals surface area contributed by atoms with Gasteiger partial charge in [-0.25, -0.2) is 4.68 Å². The van der Waals surface area contributed by atoms with E-state index in [0.29, 0.717) is 11.6 Å². The van der Waals surface area contributed by atoms with E-state index in [1.54, 1.807) is 0 Å². The maximum Gasteiger partial charge on any atom is 0.112 e. The number of halogens is 1. The van der Waals surface area contributed by atoms with Crippen LogP contribution in [0.1, 0.15) is 36.6 Å². The van der Waals surface area contributed by atoms with Gasteiger partial charge < -0.3 is 5.11 Å². The van der Waals surface area contributed by atoms with Gasteiger partial charge in [-0.1, -0.05) is 27.6 Å². The summed E-state index contributed by atoms with van der Waals surface area (Å²) in [5, 5.41) is 17.6. The molecule has 5 heteroatoms. The number of nitrogens with zero attached hydrogens (tertiary/aromatic N) is 3. The highest BCUT2D eigenvalue weighted by Crippen LogP contribution is 2.38. The Morgan fingerprint density at radius 2 is 2.00 bits per heavy atom. The molecule has 0 bridgehead atoms. The summed E-state index contributed by atoms with van der Waals surface area (Å²) in [5.41, 5.74) is 2.78. The second kappa shape index (κ2) is 4.82. The molecule has 0 amide bonds. The van der Waals surface area contributed by atoms with Gasteiger partial charge in [-0.15, -0.1) is 5.10 Å². The highest BCUT2D eigenvalue weighted by molar-refractivity contribution is 9.10. The van der Waals surface area contributed by atoms with Crippen LogP contribution in [0.25, 0.3) is 5.69 Å². The minimum atomic E-state index is -0.0393. The first-order valence-corrected chi connectivity index (χ1v) is 6.90. The third-order valence-electron chi connectivity index (χ3n) is 3.49. The first-order valence-electron chi connectivity index (χ1n) is 6.11. The highest BCUT2D eigenvalue weighted by atomic mass is 79.9. The maximum atomic E-state index is 9.37. The van der Waals surface area contributed by atoms with Crippen molar-refractivity contribution in [1.82, 2.24) is 15.0 Å². The van der Waals surface area contributed by atoms with Crippen molar-refractivity contribution in [2.75, 3.05) is 0 Å². The van der Waals surface area contributed by atoms with E-state index >= 15 is 0 Å². The summed E-state index contributed by atoms with van der Waals surface area (Å²) in [6.07, 6.45) is 3.58. The van der Waals surface area contributed by atoms with E-state index in [-0.39, 0.29) is 6.61 Å². The van der Waals surface area contributed by atoms with Crippen LogP contribution in [0.3, 0.4) is 0 Å². The number of benzene rings is 1. The molecule has 1 N–H and O–H groups in total. The molecule has 18 heavy (non-hydrogen) atoms. The Kier molecular flexibility index (Phi) is 3.18. The standard InChI is InChI=1S/C13H14BrN3O/c14-10-4-6-11(7-5-10)17-13(9-2-1-3-9)12(8-18)15-16-17/h4-7,9,18H,1-3,8H2. The van der Waals surface area contributed by atoms with Crippen LogP contribution < -0.4 is 0 Å². The first kappa shape index (κ1) is 11.9. The fourth-order valence-corrected chi connectivity index (χ4v) is 2.56. The zero-order valence-corrected chi connectivity index (χ0v) is 11.5. The lowest BCUT2D eigenvalue weighted by Crippen LogP contribution is -2.16. The molecule has 0 radical (unpaired) electrons. The lowest BCUT2D eigenvalue weighted by Gasteiger charge is -2.26. The predicted molar refractivity (Wildman–Crippen MR) is 71.6 cm³/mol. The number of hydrogen-bond donors (Lipinski definition) is 1. The van der Waals surface area contributed by atoms with Crippen molar-refractivity contribution in [2.45, 2.75) is 31.8 Å². The summed E-state index contributed by atoms with van der Waals surface area (Å²) in [6.45, 7) is -0.0393. The third kappa shape index (κ3) is 1.97. The van der Waals surface area contributed by atoms with Gasteiger partial charge in [0.05, 0.1) is 18.0 Å². The summed E-state index contributed by atoms with van der Waals surface area (Å²) < 4.78 is 2.90. The second-order valence-electron chi connectivity index (χ2n) is 4.60. The molecule has 0 spiro atoms. The van der Waals surface area contributed by atoms with Crippen LogP contribution in [-0.4, -0.2) is 20.1 Å².